The standard InChI is InChI=1S/C21H15F4N3O2S/c22-15-4-2-6-17(10-15)28-20(30)13-3-1-5-16(9-13)27-18(29)12-31-19-8-7-14(11-26-19)21(23,24)25/h1-11H,12H2,(H,27,29)(H,28,30). The Morgan fingerprint density at radius 2 is 1.65 bits per heavy atom. The number of nitrogens with one attached hydrogen (secondary N) is 2. The van der Waals surface area contributed by atoms with Crippen LogP contribution in [0, 0.1) is 5.82 Å². The second-order valence-corrected chi connectivity index (χ2v) is 7.26. The maximum Gasteiger partial charge on any atom is 0.417 e. The van der Waals surface area contributed by atoms with Crippen molar-refractivity contribution < 1.29 is 27.2 Å². The van der Waals surface area contributed by atoms with E-state index in [0.29, 0.717) is 17.6 Å². The van der Waals surface area contributed by atoms with Gasteiger partial charge in [0, 0.05) is 23.1 Å². The minimum absolute atomic E-state index is 0.0852. The molecular weight excluding hydrogens is 434 g/mol. The van der Waals surface area contributed by atoms with E-state index in [0.717, 1.165) is 17.8 Å². The molecule has 0 unspecified atom stereocenters. The molecule has 31 heavy (non-hydrogen) atoms. The minimum Gasteiger partial charge on any atom is -0.325 e. The largest absolute Gasteiger partial charge is 0.417 e. The third-order valence-corrected chi connectivity index (χ3v) is 4.85. The number of rotatable bonds is 6. The summed E-state index contributed by atoms with van der Waals surface area (Å²) in [5.41, 5.74) is 0.0338. The molecule has 0 aliphatic rings. The Labute approximate surface area is 178 Å². The van der Waals surface area contributed by atoms with Crippen molar-refractivity contribution in [2.45, 2.75) is 11.2 Å². The average Bonchev–Trinajstić information content (AvgIpc) is 2.72. The number of alkyl halides is 3. The van der Waals surface area contributed by atoms with Crippen LogP contribution in [0.25, 0.3) is 0 Å². The van der Waals surface area contributed by atoms with Gasteiger partial charge in [-0.1, -0.05) is 23.9 Å². The van der Waals surface area contributed by atoms with Crippen LogP contribution in [0.3, 0.4) is 0 Å². The lowest BCUT2D eigenvalue weighted by Crippen LogP contribution is -2.16. The number of pyridine rings is 1. The van der Waals surface area contributed by atoms with E-state index in [9.17, 15) is 27.2 Å². The number of thioether (sulfide) groups is 1. The van der Waals surface area contributed by atoms with Gasteiger partial charge in [-0.2, -0.15) is 13.2 Å². The second kappa shape index (κ2) is 9.61. The molecule has 5 nitrogen and oxygen atoms in total. The molecular formula is C21H15F4N3O2S. The maximum atomic E-state index is 13.2. The van der Waals surface area contributed by atoms with E-state index < -0.39 is 29.4 Å². The molecule has 10 heteroatoms. The van der Waals surface area contributed by atoms with Crippen LogP contribution in [0.1, 0.15) is 15.9 Å². The number of carbonyl (C=O) groups is 2. The molecule has 0 aliphatic carbocycles. The smallest absolute Gasteiger partial charge is 0.325 e. The van der Waals surface area contributed by atoms with Gasteiger partial charge in [0.25, 0.3) is 5.91 Å². The quantitative estimate of drug-likeness (QED) is 0.400. The van der Waals surface area contributed by atoms with Gasteiger partial charge in [-0.3, -0.25) is 9.59 Å². The Kier molecular flexibility index (Phi) is 6.91. The number of carbonyl (C=O) groups excluding carboxylic acids is 2. The molecule has 3 aromatic rings. The van der Waals surface area contributed by atoms with E-state index in [1.54, 1.807) is 18.2 Å². The van der Waals surface area contributed by atoms with Crippen LogP contribution in [-0.2, 0) is 11.0 Å². The first-order valence-electron chi connectivity index (χ1n) is 8.83. The van der Waals surface area contributed by atoms with Crippen molar-refractivity contribution in [2.75, 3.05) is 16.4 Å². The SMILES string of the molecule is O=C(CSc1ccc(C(F)(F)F)cn1)Nc1cccc(C(=O)Nc2cccc(F)c2)c1. The first kappa shape index (κ1) is 22.3. The zero-order valence-electron chi connectivity index (χ0n) is 15.7. The van der Waals surface area contributed by atoms with Gasteiger partial charge in [0.2, 0.25) is 5.91 Å². The highest BCUT2D eigenvalue weighted by atomic mass is 32.2. The zero-order chi connectivity index (χ0) is 22.4. The molecule has 0 spiro atoms. The summed E-state index contributed by atoms with van der Waals surface area (Å²) in [5.74, 6) is -1.48. The fourth-order valence-electron chi connectivity index (χ4n) is 2.48. The third kappa shape index (κ3) is 6.54. The highest BCUT2D eigenvalue weighted by molar-refractivity contribution is 7.99. The van der Waals surface area contributed by atoms with Crippen molar-refractivity contribution in [2.24, 2.45) is 0 Å². The molecule has 0 bridgehead atoms. The Hall–Kier alpha value is -3.40. The second-order valence-electron chi connectivity index (χ2n) is 6.26. The Bertz CT molecular complexity index is 1090. The molecule has 1 heterocycles. The molecule has 0 saturated carbocycles. The number of nitrogens with zero attached hydrogens (tertiary/aromatic N) is 1. The molecule has 0 aliphatic heterocycles. The topological polar surface area (TPSA) is 71.1 Å². The average molecular weight is 449 g/mol. The Morgan fingerprint density at radius 3 is 2.29 bits per heavy atom. The first-order chi connectivity index (χ1) is 14.7. The van der Waals surface area contributed by atoms with Crippen LogP contribution in [-0.4, -0.2) is 22.6 Å². The molecule has 0 atom stereocenters. The van der Waals surface area contributed by atoms with Crippen LogP contribution in [0.5, 0.6) is 0 Å². The molecule has 0 radical (unpaired) electrons. The van der Waals surface area contributed by atoms with Crippen molar-refractivity contribution in [3.63, 3.8) is 0 Å². The Morgan fingerprint density at radius 1 is 0.935 bits per heavy atom. The normalized spacial score (nSPS) is 11.1. The summed E-state index contributed by atoms with van der Waals surface area (Å²) in [4.78, 5) is 28.2. The summed E-state index contributed by atoms with van der Waals surface area (Å²) in [6, 6.07) is 13.7. The van der Waals surface area contributed by atoms with E-state index in [4.69, 9.17) is 0 Å². The van der Waals surface area contributed by atoms with E-state index in [-0.39, 0.29) is 16.3 Å². The van der Waals surface area contributed by atoms with Crippen molar-refractivity contribution in [1.29, 1.82) is 0 Å². The van der Waals surface area contributed by atoms with Crippen LogP contribution in [0.2, 0.25) is 0 Å². The Balaban J connectivity index is 1.56. The third-order valence-electron chi connectivity index (χ3n) is 3.91. The van der Waals surface area contributed by atoms with Gasteiger partial charge < -0.3 is 10.6 Å². The molecule has 0 fully saturated rings. The summed E-state index contributed by atoms with van der Waals surface area (Å²) >= 11 is 0.975. The van der Waals surface area contributed by atoms with Crippen molar-refractivity contribution in [1.82, 2.24) is 4.98 Å². The van der Waals surface area contributed by atoms with Crippen LogP contribution in [0.15, 0.2) is 71.9 Å². The number of anilines is 2. The minimum atomic E-state index is -4.47. The molecule has 160 valence electrons. The number of hydrogen-bond donors (Lipinski definition) is 2. The molecule has 2 amide bonds. The van der Waals surface area contributed by atoms with Crippen LogP contribution >= 0.6 is 11.8 Å². The first-order valence-corrected chi connectivity index (χ1v) is 9.82. The lowest BCUT2D eigenvalue weighted by molar-refractivity contribution is -0.137. The zero-order valence-corrected chi connectivity index (χ0v) is 16.6. The van der Waals surface area contributed by atoms with Crippen molar-refractivity contribution >= 4 is 35.0 Å². The number of hydrogen-bond acceptors (Lipinski definition) is 4. The number of benzene rings is 2. The van der Waals surface area contributed by atoms with E-state index in [2.05, 4.69) is 15.6 Å². The van der Waals surface area contributed by atoms with Gasteiger partial charge in [-0.05, 0) is 48.5 Å². The lowest BCUT2D eigenvalue weighted by Gasteiger charge is -2.09. The predicted molar refractivity (Wildman–Crippen MR) is 109 cm³/mol. The van der Waals surface area contributed by atoms with Gasteiger partial charge in [-0.25, -0.2) is 9.37 Å². The molecule has 0 saturated heterocycles. The summed E-state index contributed by atoms with van der Waals surface area (Å²) < 4.78 is 50.9. The van der Waals surface area contributed by atoms with Gasteiger partial charge in [0.1, 0.15) is 5.82 Å². The fourth-order valence-corrected chi connectivity index (χ4v) is 3.12. The number of amides is 2. The molecule has 2 aromatic carbocycles. The maximum absolute atomic E-state index is 13.2. The predicted octanol–water partition coefficient (Wildman–Crippen LogP) is 5.22. The fraction of sp³-hybridized carbons (Fsp3) is 0.0952. The van der Waals surface area contributed by atoms with Gasteiger partial charge in [0.15, 0.2) is 0 Å². The van der Waals surface area contributed by atoms with Gasteiger partial charge >= 0.3 is 6.18 Å². The van der Waals surface area contributed by atoms with Crippen LogP contribution in [0.4, 0.5) is 28.9 Å². The van der Waals surface area contributed by atoms with Crippen molar-refractivity contribution in [3.8, 4) is 0 Å². The molecule has 3 rings (SSSR count). The van der Waals surface area contributed by atoms with Crippen molar-refractivity contribution in [3.05, 3.63) is 83.8 Å². The van der Waals surface area contributed by atoms with E-state index in [1.807, 2.05) is 0 Å². The molecule has 2 N–H and O–H groups in total. The lowest BCUT2D eigenvalue weighted by atomic mass is 10.2. The number of aromatic nitrogens is 1. The van der Waals surface area contributed by atoms with E-state index >= 15 is 0 Å². The summed E-state index contributed by atoms with van der Waals surface area (Å²) in [5, 5.41) is 5.44. The highest BCUT2D eigenvalue weighted by Crippen LogP contribution is 2.29. The van der Waals surface area contributed by atoms with Gasteiger partial charge in [-0.15, -0.1) is 0 Å². The van der Waals surface area contributed by atoms with Crippen LogP contribution < -0.4 is 10.6 Å². The summed E-state index contributed by atoms with van der Waals surface area (Å²) in [6.07, 6.45) is -3.76. The highest BCUT2D eigenvalue weighted by Gasteiger charge is 2.30. The molecule has 1 aromatic heterocycles. The van der Waals surface area contributed by atoms with Gasteiger partial charge in [0.05, 0.1) is 16.3 Å². The van der Waals surface area contributed by atoms with E-state index in [1.165, 1.54) is 36.4 Å². The monoisotopic (exact) mass is 449 g/mol. The number of halogens is 4. The summed E-state index contributed by atoms with van der Waals surface area (Å²) in [6.45, 7) is 0. The summed E-state index contributed by atoms with van der Waals surface area (Å²) in [7, 11) is 0.